The van der Waals surface area contributed by atoms with E-state index in [-0.39, 0.29) is 18.6 Å². The van der Waals surface area contributed by atoms with Gasteiger partial charge in [0.1, 0.15) is 6.61 Å². The molecule has 0 saturated carbocycles. The van der Waals surface area contributed by atoms with Crippen molar-refractivity contribution >= 4 is 0 Å². The second-order valence-electron chi connectivity index (χ2n) is 4.84. The summed E-state index contributed by atoms with van der Waals surface area (Å²) in [4.78, 5) is 0. The first-order chi connectivity index (χ1) is 7.77. The van der Waals surface area contributed by atoms with E-state index in [2.05, 4.69) is 10.1 Å². The lowest BCUT2D eigenvalue weighted by Crippen LogP contribution is -2.31. The van der Waals surface area contributed by atoms with E-state index < -0.39 is 12.8 Å². The maximum atomic E-state index is 11.7. The first-order valence-corrected chi connectivity index (χ1v) is 5.73. The van der Waals surface area contributed by atoms with Gasteiger partial charge in [-0.05, 0) is 24.8 Å². The summed E-state index contributed by atoms with van der Waals surface area (Å²) in [5, 5.41) is 11.9. The second kappa shape index (κ2) is 7.89. The fraction of sp³-hybridized carbons (Fsp3) is 1.00. The Hall–Kier alpha value is -0.330. The predicted molar refractivity (Wildman–Crippen MR) is 59.8 cm³/mol. The molecule has 0 fully saturated rings. The smallest absolute Gasteiger partial charge is 0.396 e. The molecule has 6 heteroatoms. The van der Waals surface area contributed by atoms with Crippen molar-refractivity contribution in [2.24, 2.45) is 5.41 Å². The van der Waals surface area contributed by atoms with Crippen LogP contribution in [-0.2, 0) is 4.74 Å². The fourth-order valence-corrected chi connectivity index (χ4v) is 1.30. The van der Waals surface area contributed by atoms with Crippen LogP contribution in [0.3, 0.4) is 0 Å². The normalized spacial score (nSPS) is 13.1. The Labute approximate surface area is 100 Å². The molecule has 0 radical (unpaired) electrons. The van der Waals surface area contributed by atoms with E-state index in [0.29, 0.717) is 19.4 Å². The van der Waals surface area contributed by atoms with Crippen molar-refractivity contribution in [3.63, 3.8) is 0 Å². The molecule has 0 spiro atoms. The topological polar surface area (TPSA) is 41.5 Å². The van der Waals surface area contributed by atoms with Crippen molar-refractivity contribution in [2.45, 2.75) is 32.9 Å². The zero-order valence-electron chi connectivity index (χ0n) is 10.4. The summed E-state index contributed by atoms with van der Waals surface area (Å²) in [5.41, 5.74) is 0.00156. The average Bonchev–Trinajstić information content (AvgIpc) is 2.14. The molecular formula is C11H22F3NO2. The summed E-state index contributed by atoms with van der Waals surface area (Å²) in [7, 11) is 0. The van der Waals surface area contributed by atoms with E-state index in [0.717, 1.165) is 6.54 Å². The molecule has 0 aromatic rings. The minimum absolute atomic E-state index is 0.00156. The Bertz CT molecular complexity index is 196. The van der Waals surface area contributed by atoms with Crippen molar-refractivity contribution in [1.29, 1.82) is 0 Å². The molecule has 0 unspecified atom stereocenters. The van der Waals surface area contributed by atoms with E-state index in [9.17, 15) is 13.2 Å². The zero-order valence-corrected chi connectivity index (χ0v) is 10.4. The average molecular weight is 257 g/mol. The lowest BCUT2D eigenvalue weighted by Gasteiger charge is -2.23. The number of halogens is 3. The summed E-state index contributed by atoms with van der Waals surface area (Å²) in [6.45, 7) is 4.46. The van der Waals surface area contributed by atoms with E-state index in [4.69, 9.17) is 5.11 Å². The van der Waals surface area contributed by atoms with Gasteiger partial charge < -0.3 is 15.2 Å². The van der Waals surface area contributed by atoms with Crippen LogP contribution < -0.4 is 5.32 Å². The van der Waals surface area contributed by atoms with Gasteiger partial charge in [0.2, 0.25) is 0 Å². The summed E-state index contributed by atoms with van der Waals surface area (Å²) in [6, 6.07) is 0. The molecule has 0 atom stereocenters. The van der Waals surface area contributed by atoms with Crippen LogP contribution in [0.25, 0.3) is 0 Å². The van der Waals surface area contributed by atoms with E-state index in [1.165, 1.54) is 0 Å². The molecule has 0 aromatic carbocycles. The van der Waals surface area contributed by atoms with Crippen LogP contribution in [0.5, 0.6) is 0 Å². The van der Waals surface area contributed by atoms with Crippen LogP contribution in [0, 0.1) is 5.41 Å². The van der Waals surface area contributed by atoms with Gasteiger partial charge in [-0.1, -0.05) is 13.8 Å². The van der Waals surface area contributed by atoms with Gasteiger partial charge in [0.15, 0.2) is 0 Å². The molecule has 0 heterocycles. The molecule has 17 heavy (non-hydrogen) atoms. The van der Waals surface area contributed by atoms with Crippen molar-refractivity contribution < 1.29 is 23.0 Å². The van der Waals surface area contributed by atoms with Crippen LogP contribution in [0.15, 0.2) is 0 Å². The first-order valence-electron chi connectivity index (χ1n) is 5.73. The minimum atomic E-state index is -4.24. The van der Waals surface area contributed by atoms with E-state index in [1.54, 1.807) is 0 Å². The minimum Gasteiger partial charge on any atom is -0.396 e. The van der Waals surface area contributed by atoms with E-state index >= 15 is 0 Å². The fourth-order valence-electron chi connectivity index (χ4n) is 1.30. The largest absolute Gasteiger partial charge is 0.411 e. The molecule has 0 amide bonds. The molecule has 0 rings (SSSR count). The Balaban J connectivity index is 3.35. The molecule has 0 aromatic heterocycles. The van der Waals surface area contributed by atoms with Gasteiger partial charge in [-0.2, -0.15) is 13.2 Å². The number of hydrogen-bond donors (Lipinski definition) is 2. The van der Waals surface area contributed by atoms with Gasteiger partial charge in [0.25, 0.3) is 0 Å². The highest BCUT2D eigenvalue weighted by Crippen LogP contribution is 2.17. The first kappa shape index (κ1) is 16.7. The van der Waals surface area contributed by atoms with Crippen LogP contribution in [0.1, 0.15) is 26.7 Å². The summed E-state index contributed by atoms with van der Waals surface area (Å²) in [5.74, 6) is 0. The third-order valence-corrected chi connectivity index (χ3v) is 2.30. The predicted octanol–water partition coefficient (Wildman–Crippen LogP) is 1.95. The van der Waals surface area contributed by atoms with Gasteiger partial charge in [0.05, 0.1) is 0 Å². The SMILES string of the molecule is CC(C)(CCO)CNCCCOCC(F)(F)F. The molecular weight excluding hydrogens is 235 g/mol. The summed E-state index contributed by atoms with van der Waals surface area (Å²) >= 11 is 0. The van der Waals surface area contributed by atoms with Gasteiger partial charge in [-0.25, -0.2) is 0 Å². The maximum Gasteiger partial charge on any atom is 0.411 e. The molecule has 104 valence electrons. The molecule has 2 N–H and O–H groups in total. The Kier molecular flexibility index (Phi) is 7.74. The van der Waals surface area contributed by atoms with Crippen molar-refractivity contribution in [3.8, 4) is 0 Å². The van der Waals surface area contributed by atoms with Crippen molar-refractivity contribution in [2.75, 3.05) is 32.9 Å². The van der Waals surface area contributed by atoms with Crippen LogP contribution in [0.4, 0.5) is 13.2 Å². The molecule has 0 bridgehead atoms. The van der Waals surface area contributed by atoms with Gasteiger partial charge in [0, 0.05) is 19.8 Å². The third kappa shape index (κ3) is 11.9. The molecule has 3 nitrogen and oxygen atoms in total. The molecule has 0 aliphatic carbocycles. The van der Waals surface area contributed by atoms with Crippen LogP contribution in [-0.4, -0.2) is 44.2 Å². The Morgan fingerprint density at radius 3 is 2.41 bits per heavy atom. The van der Waals surface area contributed by atoms with E-state index in [1.807, 2.05) is 13.8 Å². The third-order valence-electron chi connectivity index (χ3n) is 2.30. The lowest BCUT2D eigenvalue weighted by molar-refractivity contribution is -0.173. The zero-order chi connectivity index (χ0) is 13.4. The monoisotopic (exact) mass is 257 g/mol. The number of ether oxygens (including phenoxy) is 1. The Morgan fingerprint density at radius 2 is 1.88 bits per heavy atom. The van der Waals surface area contributed by atoms with Gasteiger partial charge in [-0.15, -0.1) is 0 Å². The van der Waals surface area contributed by atoms with Crippen LogP contribution >= 0.6 is 0 Å². The molecule has 0 saturated heterocycles. The van der Waals surface area contributed by atoms with Crippen LogP contribution in [0.2, 0.25) is 0 Å². The number of hydrogen-bond acceptors (Lipinski definition) is 3. The molecule has 0 aliphatic heterocycles. The number of aliphatic hydroxyl groups is 1. The molecule has 0 aliphatic rings. The standard InChI is InChI=1S/C11H22F3NO2/c1-10(2,4-6-16)8-15-5-3-7-17-9-11(12,13)14/h15-16H,3-9H2,1-2H3. The summed E-state index contributed by atoms with van der Waals surface area (Å²) < 4.78 is 39.6. The Morgan fingerprint density at radius 1 is 1.24 bits per heavy atom. The van der Waals surface area contributed by atoms with Crippen molar-refractivity contribution in [3.05, 3.63) is 0 Å². The summed E-state index contributed by atoms with van der Waals surface area (Å²) in [6.07, 6.45) is -2.99. The number of nitrogens with one attached hydrogen (secondary N) is 1. The number of aliphatic hydroxyl groups excluding tert-OH is 1. The van der Waals surface area contributed by atoms with Gasteiger partial charge in [-0.3, -0.25) is 0 Å². The highest BCUT2D eigenvalue weighted by Gasteiger charge is 2.27. The lowest BCUT2D eigenvalue weighted by atomic mass is 9.90. The number of alkyl halides is 3. The number of rotatable bonds is 9. The van der Waals surface area contributed by atoms with Crippen molar-refractivity contribution in [1.82, 2.24) is 5.32 Å². The quantitative estimate of drug-likeness (QED) is 0.620. The maximum absolute atomic E-state index is 11.7. The highest BCUT2D eigenvalue weighted by molar-refractivity contribution is 4.70. The van der Waals surface area contributed by atoms with Gasteiger partial charge >= 0.3 is 6.18 Å². The highest BCUT2D eigenvalue weighted by atomic mass is 19.4. The second-order valence-corrected chi connectivity index (χ2v) is 4.84.